The Bertz CT molecular complexity index is 1480. The maximum absolute atomic E-state index is 13.5. The van der Waals surface area contributed by atoms with Crippen LogP contribution in [0.15, 0.2) is 59.3 Å². The zero-order valence-electron chi connectivity index (χ0n) is 22.2. The van der Waals surface area contributed by atoms with Gasteiger partial charge in [0, 0.05) is 35.9 Å². The van der Waals surface area contributed by atoms with E-state index < -0.39 is 0 Å². The molecule has 2 unspecified atom stereocenters. The molecule has 2 aliphatic rings. The number of thiazole rings is 1. The van der Waals surface area contributed by atoms with Gasteiger partial charge in [-0.25, -0.2) is 4.98 Å². The SMILES string of the molecule is Cc1ccccc1-n1c(SCc2nc(C(=O)N3CC4(C)CC3CC(C)(C)C4)cs2)nnc1-c1ccncc1. The number of hydrogen-bond donors (Lipinski definition) is 0. The zero-order valence-corrected chi connectivity index (χ0v) is 23.9. The van der Waals surface area contributed by atoms with Gasteiger partial charge in [0.05, 0.1) is 11.4 Å². The molecule has 4 aromatic rings. The highest BCUT2D eigenvalue weighted by atomic mass is 32.2. The molecule has 2 bridgehead atoms. The molecular weight excluding hydrogens is 512 g/mol. The Kier molecular flexibility index (Phi) is 6.39. The van der Waals surface area contributed by atoms with E-state index in [9.17, 15) is 4.79 Å². The second-order valence-corrected chi connectivity index (χ2v) is 13.6. The zero-order chi connectivity index (χ0) is 26.5. The first-order chi connectivity index (χ1) is 18.2. The van der Waals surface area contributed by atoms with Gasteiger partial charge in [-0.3, -0.25) is 14.3 Å². The lowest BCUT2D eigenvalue weighted by Gasteiger charge is -2.39. The van der Waals surface area contributed by atoms with Crippen molar-refractivity contribution >= 4 is 29.0 Å². The predicted molar refractivity (Wildman–Crippen MR) is 152 cm³/mol. The third-order valence-corrected chi connectivity index (χ3v) is 9.67. The fraction of sp³-hybridized carbons (Fsp3) is 0.414. The number of rotatable bonds is 6. The normalized spacial score (nSPS) is 22.1. The highest BCUT2D eigenvalue weighted by Crippen LogP contribution is 2.52. The molecule has 2 fully saturated rings. The molecule has 0 radical (unpaired) electrons. The van der Waals surface area contributed by atoms with Crippen LogP contribution in [0.4, 0.5) is 0 Å². The first kappa shape index (κ1) is 25.2. The van der Waals surface area contributed by atoms with Gasteiger partial charge >= 0.3 is 0 Å². The Morgan fingerprint density at radius 2 is 1.89 bits per heavy atom. The quantitative estimate of drug-likeness (QED) is 0.261. The highest BCUT2D eigenvalue weighted by Gasteiger charge is 2.51. The molecule has 1 aliphatic heterocycles. The summed E-state index contributed by atoms with van der Waals surface area (Å²) in [6.45, 7) is 9.92. The van der Waals surface area contributed by atoms with E-state index in [-0.39, 0.29) is 16.7 Å². The van der Waals surface area contributed by atoms with Crippen molar-refractivity contribution < 1.29 is 4.79 Å². The summed E-state index contributed by atoms with van der Waals surface area (Å²) in [4.78, 5) is 24.5. The molecule has 6 rings (SSSR count). The van der Waals surface area contributed by atoms with Crippen molar-refractivity contribution in [2.75, 3.05) is 6.54 Å². The molecule has 38 heavy (non-hydrogen) atoms. The minimum absolute atomic E-state index is 0.0759. The van der Waals surface area contributed by atoms with Gasteiger partial charge in [-0.05, 0) is 60.8 Å². The molecule has 1 amide bonds. The number of pyridine rings is 1. The van der Waals surface area contributed by atoms with Crippen LogP contribution in [0.1, 0.15) is 61.1 Å². The lowest BCUT2D eigenvalue weighted by molar-refractivity contribution is 0.0703. The number of carbonyl (C=O) groups is 1. The van der Waals surface area contributed by atoms with Gasteiger partial charge in [-0.1, -0.05) is 50.7 Å². The number of benzene rings is 1. The number of hydrogen-bond acceptors (Lipinski definition) is 7. The number of fused-ring (bicyclic) bond motifs is 2. The molecule has 0 spiro atoms. The molecule has 9 heteroatoms. The van der Waals surface area contributed by atoms with Crippen LogP contribution < -0.4 is 0 Å². The summed E-state index contributed by atoms with van der Waals surface area (Å²) in [6, 6.07) is 12.4. The van der Waals surface area contributed by atoms with E-state index in [2.05, 4.69) is 64.5 Å². The molecule has 1 aliphatic carbocycles. The van der Waals surface area contributed by atoms with Crippen LogP contribution in [-0.4, -0.2) is 48.1 Å². The number of thioether (sulfide) groups is 1. The summed E-state index contributed by atoms with van der Waals surface area (Å²) in [6.07, 6.45) is 6.87. The molecule has 196 valence electrons. The summed E-state index contributed by atoms with van der Waals surface area (Å²) < 4.78 is 2.10. The fourth-order valence-corrected chi connectivity index (χ4v) is 8.26. The Morgan fingerprint density at radius 1 is 1.11 bits per heavy atom. The fourth-order valence-electron chi connectivity index (χ4n) is 6.53. The molecule has 1 saturated carbocycles. The van der Waals surface area contributed by atoms with Crippen molar-refractivity contribution in [2.24, 2.45) is 10.8 Å². The van der Waals surface area contributed by atoms with Crippen molar-refractivity contribution in [3.05, 3.63) is 70.4 Å². The van der Waals surface area contributed by atoms with Crippen molar-refractivity contribution in [1.29, 1.82) is 0 Å². The largest absolute Gasteiger partial charge is 0.334 e. The molecule has 1 aromatic carbocycles. The van der Waals surface area contributed by atoms with Gasteiger partial charge in [0.15, 0.2) is 11.0 Å². The highest BCUT2D eigenvalue weighted by molar-refractivity contribution is 7.98. The topological polar surface area (TPSA) is 76.8 Å². The van der Waals surface area contributed by atoms with Crippen LogP contribution in [0.3, 0.4) is 0 Å². The van der Waals surface area contributed by atoms with Gasteiger partial charge in [0.25, 0.3) is 5.91 Å². The Morgan fingerprint density at radius 3 is 2.68 bits per heavy atom. The van der Waals surface area contributed by atoms with E-state index in [1.165, 1.54) is 6.42 Å². The maximum atomic E-state index is 13.5. The van der Waals surface area contributed by atoms with Crippen molar-refractivity contribution in [3.63, 3.8) is 0 Å². The van der Waals surface area contributed by atoms with Gasteiger partial charge in [-0.15, -0.1) is 21.5 Å². The Labute approximate surface area is 231 Å². The summed E-state index contributed by atoms with van der Waals surface area (Å²) in [7, 11) is 0. The average Bonchev–Trinajstić information content (AvgIpc) is 3.58. The van der Waals surface area contributed by atoms with E-state index in [1.54, 1.807) is 35.5 Å². The second-order valence-electron chi connectivity index (χ2n) is 11.7. The number of amides is 1. The van der Waals surface area contributed by atoms with E-state index in [0.717, 1.165) is 52.2 Å². The van der Waals surface area contributed by atoms with Crippen molar-refractivity contribution in [3.8, 4) is 17.1 Å². The van der Waals surface area contributed by atoms with Gasteiger partial charge < -0.3 is 4.90 Å². The average molecular weight is 545 g/mol. The molecule has 7 nitrogen and oxygen atoms in total. The molecule has 3 aromatic heterocycles. The summed E-state index contributed by atoms with van der Waals surface area (Å²) in [5.41, 5.74) is 4.19. The number of aryl methyl sites for hydroxylation is 1. The maximum Gasteiger partial charge on any atom is 0.273 e. The van der Waals surface area contributed by atoms with Crippen LogP contribution in [-0.2, 0) is 5.75 Å². The van der Waals surface area contributed by atoms with E-state index in [0.29, 0.717) is 17.5 Å². The monoisotopic (exact) mass is 544 g/mol. The molecule has 0 N–H and O–H groups in total. The van der Waals surface area contributed by atoms with Crippen LogP contribution in [0.5, 0.6) is 0 Å². The predicted octanol–water partition coefficient (Wildman–Crippen LogP) is 6.43. The lowest BCUT2D eigenvalue weighted by atomic mass is 9.65. The van der Waals surface area contributed by atoms with Gasteiger partial charge in [0.2, 0.25) is 0 Å². The molecule has 2 atom stereocenters. The molecular formula is C29H32N6OS2. The minimum atomic E-state index is 0.0759. The molecule has 4 heterocycles. The van der Waals surface area contributed by atoms with Crippen LogP contribution in [0.2, 0.25) is 0 Å². The standard InChI is InChI=1S/C29H32N6OS2/c1-19-7-5-6-8-23(19)35-25(20-9-11-30-12-10-20)32-33-27(35)38-16-24-31-22(15-37-24)26(36)34-18-29(4)14-21(34)13-28(2,3)17-29/h5-12,15,21H,13-14,16-18H2,1-4H3. The van der Waals surface area contributed by atoms with E-state index >= 15 is 0 Å². The van der Waals surface area contributed by atoms with Gasteiger partial charge in [-0.2, -0.15) is 0 Å². The number of carbonyl (C=O) groups excluding carboxylic acids is 1. The number of para-hydroxylation sites is 1. The Balaban J connectivity index is 1.22. The third-order valence-electron chi connectivity index (χ3n) is 7.70. The van der Waals surface area contributed by atoms with Crippen molar-refractivity contribution in [2.45, 2.75) is 63.9 Å². The van der Waals surface area contributed by atoms with Crippen LogP contribution in [0, 0.1) is 17.8 Å². The third kappa shape index (κ3) is 4.78. The van der Waals surface area contributed by atoms with Gasteiger partial charge in [0.1, 0.15) is 10.7 Å². The minimum Gasteiger partial charge on any atom is -0.334 e. The van der Waals surface area contributed by atoms with E-state index in [1.807, 2.05) is 29.6 Å². The smallest absolute Gasteiger partial charge is 0.273 e. The van der Waals surface area contributed by atoms with Crippen molar-refractivity contribution in [1.82, 2.24) is 29.6 Å². The number of likely N-dealkylation sites (tertiary alicyclic amines) is 1. The number of aromatic nitrogens is 5. The number of nitrogens with zero attached hydrogens (tertiary/aromatic N) is 6. The van der Waals surface area contributed by atoms with Crippen LogP contribution >= 0.6 is 23.1 Å². The Hall–Kier alpha value is -3.04. The first-order valence-electron chi connectivity index (χ1n) is 13.0. The summed E-state index contributed by atoms with van der Waals surface area (Å²) in [5.74, 6) is 1.47. The summed E-state index contributed by atoms with van der Waals surface area (Å²) >= 11 is 3.13. The first-order valence-corrected chi connectivity index (χ1v) is 14.9. The van der Waals surface area contributed by atoms with E-state index in [4.69, 9.17) is 4.98 Å². The summed E-state index contributed by atoms with van der Waals surface area (Å²) in [5, 5.41) is 12.7. The lowest BCUT2D eigenvalue weighted by Crippen LogP contribution is -2.37. The second kappa shape index (κ2) is 9.61. The van der Waals surface area contributed by atoms with Crippen LogP contribution in [0.25, 0.3) is 17.1 Å². The molecule has 1 saturated heterocycles.